The van der Waals surface area contributed by atoms with Gasteiger partial charge in [-0.3, -0.25) is 9.59 Å². The Morgan fingerprint density at radius 1 is 1.14 bits per heavy atom. The summed E-state index contributed by atoms with van der Waals surface area (Å²) < 4.78 is 9.30. The molecule has 4 rings (SSSR count). The Labute approximate surface area is 162 Å². The van der Waals surface area contributed by atoms with Crippen LogP contribution >= 0.6 is 0 Å². The van der Waals surface area contributed by atoms with Gasteiger partial charge in [-0.2, -0.15) is 0 Å². The highest BCUT2D eigenvalue weighted by molar-refractivity contribution is 5.91. The van der Waals surface area contributed by atoms with Crippen molar-refractivity contribution in [2.45, 2.75) is 45.2 Å². The van der Waals surface area contributed by atoms with E-state index in [1.807, 2.05) is 0 Å². The number of aryl methyl sites for hydroxylation is 1. The van der Waals surface area contributed by atoms with Crippen molar-refractivity contribution in [1.29, 1.82) is 0 Å². The van der Waals surface area contributed by atoms with Crippen molar-refractivity contribution in [3.8, 4) is 0 Å². The van der Waals surface area contributed by atoms with Gasteiger partial charge < -0.3 is 18.9 Å². The molecule has 1 aliphatic heterocycles. The van der Waals surface area contributed by atoms with Crippen LogP contribution in [0.1, 0.15) is 47.2 Å². The zero-order chi connectivity index (χ0) is 19.3. The maximum absolute atomic E-state index is 12.3. The molecule has 8 nitrogen and oxygen atoms in total. The number of carbonyl (C=O) groups excluding carboxylic acids is 1. The Hall–Kier alpha value is -3.16. The molecule has 1 aliphatic rings. The number of fused-ring (bicyclic) bond motifs is 1. The highest BCUT2D eigenvalue weighted by Gasteiger charge is 2.16. The summed E-state index contributed by atoms with van der Waals surface area (Å²) in [6.07, 6.45) is 6.81. The van der Waals surface area contributed by atoms with Crippen LogP contribution in [0, 0.1) is 0 Å². The van der Waals surface area contributed by atoms with Gasteiger partial charge in [0, 0.05) is 38.2 Å². The molecular formula is C20H23N5O3. The quantitative estimate of drug-likeness (QED) is 0.702. The molecule has 0 unspecified atom stereocenters. The second kappa shape index (κ2) is 8.24. The molecule has 1 amide bonds. The van der Waals surface area contributed by atoms with Crippen LogP contribution in [0.15, 0.2) is 45.7 Å². The molecule has 0 aromatic carbocycles. The van der Waals surface area contributed by atoms with E-state index in [1.165, 1.54) is 17.1 Å². The van der Waals surface area contributed by atoms with Gasteiger partial charge in [-0.1, -0.05) is 12.5 Å². The molecule has 0 spiro atoms. The first-order valence-electron chi connectivity index (χ1n) is 9.64. The fraction of sp³-hybridized carbons (Fsp3) is 0.400. The topological polar surface area (TPSA) is 95.0 Å². The average molecular weight is 381 g/mol. The molecule has 146 valence electrons. The molecule has 3 aromatic heterocycles. The summed E-state index contributed by atoms with van der Waals surface area (Å²) in [5.74, 6) is 2.48. The minimum Gasteiger partial charge on any atom is -0.454 e. The van der Waals surface area contributed by atoms with E-state index in [9.17, 15) is 9.59 Å². The fourth-order valence-electron chi connectivity index (χ4n) is 3.45. The van der Waals surface area contributed by atoms with Gasteiger partial charge in [-0.05, 0) is 31.0 Å². The predicted molar refractivity (Wildman–Crippen MR) is 102 cm³/mol. The van der Waals surface area contributed by atoms with Crippen LogP contribution in [0.25, 0.3) is 0 Å². The molecule has 3 aromatic rings. The maximum atomic E-state index is 12.3. The lowest BCUT2D eigenvalue weighted by Gasteiger charge is -2.07. The molecule has 1 N–H and O–H groups in total. The van der Waals surface area contributed by atoms with Crippen molar-refractivity contribution in [2.75, 3.05) is 6.54 Å². The molecule has 0 fully saturated rings. The maximum Gasteiger partial charge on any atom is 0.287 e. The van der Waals surface area contributed by atoms with Crippen LogP contribution in [0.2, 0.25) is 0 Å². The third-order valence-electron chi connectivity index (χ3n) is 4.93. The van der Waals surface area contributed by atoms with Crippen molar-refractivity contribution >= 4 is 5.91 Å². The Bertz CT molecular complexity index is 1020. The van der Waals surface area contributed by atoms with Crippen molar-refractivity contribution in [3.63, 3.8) is 0 Å². The van der Waals surface area contributed by atoms with Crippen molar-refractivity contribution in [3.05, 3.63) is 70.1 Å². The molecule has 0 radical (unpaired) electrons. The number of aromatic nitrogens is 4. The van der Waals surface area contributed by atoms with Gasteiger partial charge in [0.05, 0.1) is 6.54 Å². The first-order chi connectivity index (χ1) is 13.7. The molecule has 0 aliphatic carbocycles. The van der Waals surface area contributed by atoms with Crippen LogP contribution in [0.5, 0.6) is 0 Å². The van der Waals surface area contributed by atoms with Crippen LogP contribution in [-0.2, 0) is 25.9 Å². The normalized spacial score (nSPS) is 13.7. The first-order valence-corrected chi connectivity index (χ1v) is 9.64. The summed E-state index contributed by atoms with van der Waals surface area (Å²) >= 11 is 0. The number of hydrogen-bond donors (Lipinski definition) is 1. The fourth-order valence-corrected chi connectivity index (χ4v) is 3.45. The predicted octanol–water partition coefficient (Wildman–Crippen LogP) is 1.78. The van der Waals surface area contributed by atoms with E-state index in [1.54, 1.807) is 30.5 Å². The molecule has 28 heavy (non-hydrogen) atoms. The van der Waals surface area contributed by atoms with Gasteiger partial charge >= 0.3 is 0 Å². The molecular weight excluding hydrogens is 358 g/mol. The minimum atomic E-state index is -0.276. The molecule has 8 heteroatoms. The Morgan fingerprint density at radius 2 is 2.07 bits per heavy atom. The molecule has 0 saturated carbocycles. The number of carbonyl (C=O) groups is 1. The van der Waals surface area contributed by atoms with E-state index >= 15 is 0 Å². The van der Waals surface area contributed by atoms with Gasteiger partial charge in [0.1, 0.15) is 17.4 Å². The lowest BCUT2D eigenvalue weighted by molar-refractivity contribution is 0.0924. The number of furan rings is 1. The van der Waals surface area contributed by atoms with E-state index in [2.05, 4.69) is 20.1 Å². The monoisotopic (exact) mass is 381 g/mol. The number of nitrogens with one attached hydrogen (secondary N) is 1. The number of pyridine rings is 1. The second-order valence-corrected chi connectivity index (χ2v) is 6.93. The highest BCUT2D eigenvalue weighted by atomic mass is 16.4. The SMILES string of the molecule is O=C(NCCc1nnc2n1CCCCC2)c1ccc(Cn2ccccc2=O)o1. The highest BCUT2D eigenvalue weighted by Crippen LogP contribution is 2.14. The second-order valence-electron chi connectivity index (χ2n) is 6.93. The zero-order valence-corrected chi connectivity index (χ0v) is 15.6. The smallest absolute Gasteiger partial charge is 0.287 e. The molecule has 0 bridgehead atoms. The number of amides is 1. The molecule has 0 atom stereocenters. The third-order valence-corrected chi connectivity index (χ3v) is 4.93. The van der Waals surface area contributed by atoms with Gasteiger partial charge in [0.15, 0.2) is 5.76 Å². The van der Waals surface area contributed by atoms with Gasteiger partial charge in [-0.15, -0.1) is 10.2 Å². The summed E-state index contributed by atoms with van der Waals surface area (Å²) in [4.78, 5) is 24.1. The number of hydrogen-bond acceptors (Lipinski definition) is 5. The average Bonchev–Trinajstić information content (AvgIpc) is 3.24. The van der Waals surface area contributed by atoms with Gasteiger partial charge in [0.2, 0.25) is 0 Å². The van der Waals surface area contributed by atoms with Crippen molar-refractivity contribution < 1.29 is 9.21 Å². The summed E-state index contributed by atoms with van der Waals surface area (Å²) in [5.41, 5.74) is -0.114. The van der Waals surface area contributed by atoms with Crippen LogP contribution in [0.3, 0.4) is 0 Å². The lowest BCUT2D eigenvalue weighted by atomic mass is 10.2. The van der Waals surface area contributed by atoms with Gasteiger partial charge in [0.25, 0.3) is 11.5 Å². The standard InChI is InChI=1S/C20H23N5O3/c26-19-7-3-5-12-24(19)14-15-8-9-16(28-15)20(27)21-11-10-18-23-22-17-6-2-1-4-13-25(17)18/h3,5,7-9,12H,1-2,4,6,10-11,13-14H2,(H,21,27). The van der Waals surface area contributed by atoms with E-state index in [0.29, 0.717) is 25.3 Å². The summed E-state index contributed by atoms with van der Waals surface area (Å²) in [7, 11) is 0. The largest absolute Gasteiger partial charge is 0.454 e. The third kappa shape index (κ3) is 4.05. The minimum absolute atomic E-state index is 0.114. The van der Waals surface area contributed by atoms with Crippen LogP contribution in [0.4, 0.5) is 0 Å². The lowest BCUT2D eigenvalue weighted by Crippen LogP contribution is -2.26. The van der Waals surface area contributed by atoms with Gasteiger partial charge in [-0.25, -0.2) is 0 Å². The Balaban J connectivity index is 1.32. The van der Waals surface area contributed by atoms with E-state index in [-0.39, 0.29) is 17.2 Å². The van der Waals surface area contributed by atoms with E-state index in [4.69, 9.17) is 4.42 Å². The van der Waals surface area contributed by atoms with Crippen molar-refractivity contribution in [1.82, 2.24) is 24.6 Å². The molecule has 0 saturated heterocycles. The van der Waals surface area contributed by atoms with Crippen LogP contribution < -0.4 is 10.9 Å². The molecule has 4 heterocycles. The van der Waals surface area contributed by atoms with E-state index < -0.39 is 0 Å². The summed E-state index contributed by atoms with van der Waals surface area (Å²) in [5, 5.41) is 11.4. The number of nitrogens with zero attached hydrogens (tertiary/aromatic N) is 4. The summed E-state index contributed by atoms with van der Waals surface area (Å²) in [6, 6.07) is 8.30. The van der Waals surface area contributed by atoms with E-state index in [0.717, 1.165) is 37.5 Å². The Kier molecular flexibility index (Phi) is 5.36. The first kappa shape index (κ1) is 18.2. The van der Waals surface area contributed by atoms with Crippen molar-refractivity contribution in [2.24, 2.45) is 0 Å². The zero-order valence-electron chi connectivity index (χ0n) is 15.6. The Morgan fingerprint density at radius 3 is 2.96 bits per heavy atom. The summed E-state index contributed by atoms with van der Waals surface area (Å²) in [6.45, 7) is 1.70. The number of rotatable bonds is 6. The van der Waals surface area contributed by atoms with Crippen LogP contribution in [-0.4, -0.2) is 31.8 Å².